The number of aromatic nitrogens is 1. The summed E-state index contributed by atoms with van der Waals surface area (Å²) in [5, 5.41) is 0. The molecule has 4 rings (SSSR count). The number of anilines is 1. The topological polar surface area (TPSA) is 73.1 Å². The zero-order chi connectivity index (χ0) is 25.3. The average Bonchev–Trinajstić information content (AvgIpc) is 3.12. The Balaban J connectivity index is 1.95. The minimum atomic E-state index is -0.716. The molecule has 0 fully saturated rings. The Bertz CT molecular complexity index is 1500. The van der Waals surface area contributed by atoms with Gasteiger partial charge >= 0.3 is 5.97 Å². The number of hydrogen-bond acceptors (Lipinski definition) is 7. The Morgan fingerprint density at radius 3 is 2.66 bits per heavy atom. The summed E-state index contributed by atoms with van der Waals surface area (Å²) in [7, 11) is 5.51. The van der Waals surface area contributed by atoms with Gasteiger partial charge in [0.15, 0.2) is 4.80 Å². The molecule has 0 N–H and O–H groups in total. The van der Waals surface area contributed by atoms with Crippen molar-refractivity contribution in [1.29, 1.82) is 0 Å². The molecule has 1 aromatic heterocycles. The van der Waals surface area contributed by atoms with Crippen LogP contribution in [-0.4, -0.2) is 38.3 Å². The second-order valence-electron chi connectivity index (χ2n) is 8.15. The Morgan fingerprint density at radius 2 is 2.00 bits per heavy atom. The van der Waals surface area contributed by atoms with Crippen molar-refractivity contribution in [2.45, 2.75) is 19.9 Å². The number of methoxy groups -OCH3 is 1. The van der Waals surface area contributed by atoms with Gasteiger partial charge in [0, 0.05) is 24.1 Å². The number of rotatable bonds is 6. The number of halogens is 1. The summed E-state index contributed by atoms with van der Waals surface area (Å²) in [5.41, 5.74) is 3.22. The first-order valence-corrected chi connectivity index (χ1v) is 12.7. The van der Waals surface area contributed by atoms with Crippen molar-refractivity contribution in [3.63, 3.8) is 0 Å². The molecule has 7 nitrogen and oxygen atoms in total. The predicted molar refractivity (Wildman–Crippen MR) is 142 cm³/mol. The fourth-order valence-corrected chi connectivity index (χ4v) is 5.90. The maximum atomic E-state index is 13.7. The summed E-state index contributed by atoms with van der Waals surface area (Å²) >= 11 is 4.90. The third-order valence-electron chi connectivity index (χ3n) is 5.70. The Morgan fingerprint density at radius 1 is 1.26 bits per heavy atom. The maximum Gasteiger partial charge on any atom is 0.338 e. The third-order valence-corrected chi connectivity index (χ3v) is 7.32. The molecule has 3 aromatic rings. The van der Waals surface area contributed by atoms with E-state index < -0.39 is 12.0 Å². The highest BCUT2D eigenvalue weighted by atomic mass is 79.9. The lowest BCUT2D eigenvalue weighted by atomic mass is 9.95. The SMILES string of the molecule is CCOC(=O)C1=C(C)N=c2sc(=Cc3ccc(N(C)C)c(Br)c3)c(=O)n2C1c1ccccc1OC. The zero-order valence-corrected chi connectivity index (χ0v) is 22.6. The van der Waals surface area contributed by atoms with Crippen molar-refractivity contribution < 1.29 is 14.3 Å². The fourth-order valence-electron chi connectivity index (χ4n) is 4.11. The molecule has 0 saturated carbocycles. The molecule has 9 heteroatoms. The number of carbonyl (C=O) groups is 1. The van der Waals surface area contributed by atoms with E-state index in [-0.39, 0.29) is 12.2 Å². The molecular weight excluding hydrogens is 530 g/mol. The quantitative estimate of drug-likeness (QED) is 0.434. The van der Waals surface area contributed by atoms with Crippen LogP contribution >= 0.6 is 27.3 Å². The second kappa shape index (κ2) is 10.2. The van der Waals surface area contributed by atoms with E-state index in [1.54, 1.807) is 25.5 Å². The number of thiazole rings is 1. The van der Waals surface area contributed by atoms with Crippen LogP contribution in [0.1, 0.15) is 31.0 Å². The summed E-state index contributed by atoms with van der Waals surface area (Å²) in [6.07, 6.45) is 1.84. The van der Waals surface area contributed by atoms with Gasteiger partial charge in [0.25, 0.3) is 5.56 Å². The normalized spacial score (nSPS) is 15.5. The maximum absolute atomic E-state index is 13.7. The van der Waals surface area contributed by atoms with Gasteiger partial charge in [0.1, 0.15) is 11.8 Å². The summed E-state index contributed by atoms with van der Waals surface area (Å²) < 4.78 is 14.0. The summed E-state index contributed by atoms with van der Waals surface area (Å²) in [4.78, 5) is 33.9. The third kappa shape index (κ3) is 4.70. The number of carbonyl (C=O) groups excluding carboxylic acids is 1. The highest BCUT2D eigenvalue weighted by Gasteiger charge is 2.34. The van der Waals surface area contributed by atoms with Crippen LogP contribution in [0.4, 0.5) is 5.69 Å². The average molecular weight is 556 g/mol. The van der Waals surface area contributed by atoms with E-state index in [0.29, 0.717) is 31.9 Å². The summed E-state index contributed by atoms with van der Waals surface area (Å²) in [6, 6.07) is 12.6. The standard InChI is InChI=1S/C26H26BrN3O4S/c1-6-34-25(32)22-15(2)28-26-30(23(22)17-9-7-8-10-20(17)33-5)24(31)21(35-26)14-16-11-12-19(29(3)4)18(27)13-16/h7-14,23H,6H2,1-5H3. The van der Waals surface area contributed by atoms with Gasteiger partial charge in [-0.3, -0.25) is 9.36 Å². The second-order valence-corrected chi connectivity index (χ2v) is 10.0. The van der Waals surface area contributed by atoms with E-state index >= 15 is 0 Å². The smallest absolute Gasteiger partial charge is 0.338 e. The van der Waals surface area contributed by atoms with E-state index in [0.717, 1.165) is 15.7 Å². The molecule has 0 spiro atoms. The van der Waals surface area contributed by atoms with Crippen LogP contribution in [0.2, 0.25) is 0 Å². The first kappa shape index (κ1) is 24.9. The number of esters is 1. The summed E-state index contributed by atoms with van der Waals surface area (Å²) in [5.74, 6) is 0.0777. The minimum Gasteiger partial charge on any atom is -0.496 e. The van der Waals surface area contributed by atoms with Crippen molar-refractivity contribution in [3.8, 4) is 5.75 Å². The summed E-state index contributed by atoms with van der Waals surface area (Å²) in [6.45, 7) is 3.74. The number of nitrogens with zero attached hydrogens (tertiary/aromatic N) is 3. The van der Waals surface area contributed by atoms with E-state index in [4.69, 9.17) is 9.47 Å². The predicted octanol–water partition coefficient (Wildman–Crippen LogP) is 3.64. The Labute approximate surface area is 215 Å². The Hall–Kier alpha value is -3.17. The van der Waals surface area contributed by atoms with Crippen LogP contribution in [0.3, 0.4) is 0 Å². The van der Waals surface area contributed by atoms with E-state index in [1.807, 2.05) is 67.5 Å². The lowest BCUT2D eigenvalue weighted by Gasteiger charge is -2.25. The molecule has 0 bridgehead atoms. The van der Waals surface area contributed by atoms with Gasteiger partial charge in [0.05, 0.1) is 35.2 Å². The van der Waals surface area contributed by atoms with Gasteiger partial charge in [0.2, 0.25) is 0 Å². The van der Waals surface area contributed by atoms with Gasteiger partial charge in [-0.2, -0.15) is 0 Å². The fraction of sp³-hybridized carbons (Fsp3) is 0.269. The highest BCUT2D eigenvalue weighted by Crippen LogP contribution is 2.35. The zero-order valence-electron chi connectivity index (χ0n) is 20.2. The van der Waals surface area contributed by atoms with Crippen molar-refractivity contribution in [1.82, 2.24) is 4.57 Å². The largest absolute Gasteiger partial charge is 0.496 e. The molecule has 1 unspecified atom stereocenters. The van der Waals surface area contributed by atoms with Crippen LogP contribution in [0, 0.1) is 0 Å². The number of benzene rings is 2. The van der Waals surface area contributed by atoms with Crippen LogP contribution in [0.15, 0.2) is 68.0 Å². The van der Waals surface area contributed by atoms with E-state index in [2.05, 4.69) is 20.9 Å². The molecule has 1 atom stereocenters. The molecule has 35 heavy (non-hydrogen) atoms. The van der Waals surface area contributed by atoms with Crippen LogP contribution < -0.4 is 24.5 Å². The van der Waals surface area contributed by atoms with Crippen molar-refractivity contribution in [2.24, 2.45) is 4.99 Å². The molecular formula is C26H26BrN3O4S. The molecule has 2 heterocycles. The minimum absolute atomic E-state index is 0.219. The lowest BCUT2D eigenvalue weighted by Crippen LogP contribution is -2.40. The first-order valence-electron chi connectivity index (χ1n) is 11.1. The van der Waals surface area contributed by atoms with Gasteiger partial charge in [-0.15, -0.1) is 0 Å². The van der Waals surface area contributed by atoms with Gasteiger partial charge in [-0.1, -0.05) is 35.6 Å². The molecule has 0 radical (unpaired) electrons. The molecule has 182 valence electrons. The van der Waals surface area contributed by atoms with Crippen LogP contribution in [0.25, 0.3) is 6.08 Å². The molecule has 0 saturated heterocycles. The number of hydrogen-bond donors (Lipinski definition) is 0. The van der Waals surface area contributed by atoms with Crippen LogP contribution in [-0.2, 0) is 9.53 Å². The lowest BCUT2D eigenvalue weighted by molar-refractivity contribution is -0.139. The van der Waals surface area contributed by atoms with Crippen molar-refractivity contribution >= 4 is 45.0 Å². The molecule has 0 amide bonds. The van der Waals surface area contributed by atoms with E-state index in [9.17, 15) is 9.59 Å². The van der Waals surface area contributed by atoms with Crippen LogP contribution in [0.5, 0.6) is 5.75 Å². The molecule has 1 aliphatic heterocycles. The van der Waals surface area contributed by atoms with Crippen molar-refractivity contribution in [2.75, 3.05) is 32.7 Å². The van der Waals surface area contributed by atoms with Gasteiger partial charge < -0.3 is 14.4 Å². The van der Waals surface area contributed by atoms with E-state index in [1.165, 1.54) is 11.3 Å². The highest BCUT2D eigenvalue weighted by molar-refractivity contribution is 9.10. The van der Waals surface area contributed by atoms with Gasteiger partial charge in [-0.05, 0) is 59.6 Å². The number of ether oxygens (including phenoxy) is 2. The molecule has 1 aliphatic rings. The first-order chi connectivity index (χ1) is 16.8. The number of allylic oxidation sites excluding steroid dienone is 1. The molecule has 0 aliphatic carbocycles. The number of fused-ring (bicyclic) bond motifs is 1. The number of para-hydroxylation sites is 1. The Kier molecular flexibility index (Phi) is 7.28. The molecule has 2 aromatic carbocycles. The monoisotopic (exact) mass is 555 g/mol. The van der Waals surface area contributed by atoms with Crippen molar-refractivity contribution in [3.05, 3.63) is 89.0 Å². The van der Waals surface area contributed by atoms with Gasteiger partial charge in [-0.25, -0.2) is 9.79 Å².